The van der Waals surface area contributed by atoms with Gasteiger partial charge in [-0.15, -0.1) is 0 Å². The largest absolute Gasteiger partial charge is 0.352 e. The number of hydrogen-bond acceptors (Lipinski definition) is 3. The summed E-state index contributed by atoms with van der Waals surface area (Å²) >= 11 is 0. The number of benzene rings is 2. The van der Waals surface area contributed by atoms with Gasteiger partial charge in [0.2, 0.25) is 5.91 Å². The van der Waals surface area contributed by atoms with E-state index in [1.165, 1.54) is 6.42 Å². The molecule has 4 rings (SSSR count). The van der Waals surface area contributed by atoms with Crippen molar-refractivity contribution in [2.75, 3.05) is 0 Å². The standard InChI is InChI=1S/C24H28N2O3S/c1-18-11-13-19(14-12-18)17-30(28,29)23-15-26(22-10-6-5-9-21(22)23)16-24(27)25-20-7-3-2-4-8-20/h5-6,9-15,20H,2-4,7-8,16-17H2,1H3,(H,25,27). The Bertz CT molecular complexity index is 1140. The summed E-state index contributed by atoms with van der Waals surface area (Å²) in [6, 6.07) is 15.2. The Morgan fingerprint density at radius 1 is 1.03 bits per heavy atom. The Balaban J connectivity index is 1.60. The van der Waals surface area contributed by atoms with Crippen molar-refractivity contribution < 1.29 is 13.2 Å². The minimum Gasteiger partial charge on any atom is -0.352 e. The highest BCUT2D eigenvalue weighted by Gasteiger charge is 2.23. The first-order valence-electron chi connectivity index (χ1n) is 10.6. The molecule has 0 aliphatic heterocycles. The lowest BCUT2D eigenvalue weighted by molar-refractivity contribution is -0.122. The van der Waals surface area contributed by atoms with Crippen LogP contribution in [0.15, 0.2) is 59.6 Å². The first kappa shape index (κ1) is 20.7. The highest BCUT2D eigenvalue weighted by atomic mass is 32.2. The summed E-state index contributed by atoms with van der Waals surface area (Å²) in [5.41, 5.74) is 2.61. The molecule has 5 nitrogen and oxygen atoms in total. The summed E-state index contributed by atoms with van der Waals surface area (Å²) in [6.07, 6.45) is 7.20. The minimum atomic E-state index is -3.55. The number of hydrogen-bond donors (Lipinski definition) is 1. The molecule has 1 heterocycles. The zero-order valence-electron chi connectivity index (χ0n) is 17.3. The van der Waals surface area contributed by atoms with E-state index in [2.05, 4.69) is 5.32 Å². The van der Waals surface area contributed by atoms with Crippen molar-refractivity contribution in [2.45, 2.75) is 62.3 Å². The van der Waals surface area contributed by atoms with E-state index < -0.39 is 9.84 Å². The normalized spacial score (nSPS) is 15.4. The summed E-state index contributed by atoms with van der Waals surface area (Å²) < 4.78 is 28.2. The van der Waals surface area contributed by atoms with Crippen LogP contribution < -0.4 is 5.32 Å². The molecule has 1 aliphatic rings. The molecule has 0 spiro atoms. The van der Waals surface area contributed by atoms with Gasteiger partial charge in [0.15, 0.2) is 9.84 Å². The van der Waals surface area contributed by atoms with Crippen molar-refractivity contribution in [3.8, 4) is 0 Å². The van der Waals surface area contributed by atoms with Crippen LogP contribution in [0.5, 0.6) is 0 Å². The first-order valence-corrected chi connectivity index (χ1v) is 12.2. The third-order valence-electron chi connectivity index (χ3n) is 5.85. The number of carbonyl (C=O) groups excluding carboxylic acids is 1. The number of nitrogens with zero attached hydrogens (tertiary/aromatic N) is 1. The Hall–Kier alpha value is -2.60. The lowest BCUT2D eigenvalue weighted by Crippen LogP contribution is -2.38. The van der Waals surface area contributed by atoms with Crippen molar-refractivity contribution in [3.05, 3.63) is 65.9 Å². The van der Waals surface area contributed by atoms with Crippen molar-refractivity contribution in [1.29, 1.82) is 0 Å². The Morgan fingerprint density at radius 3 is 2.47 bits per heavy atom. The van der Waals surface area contributed by atoms with E-state index in [0.29, 0.717) is 5.39 Å². The van der Waals surface area contributed by atoms with Gasteiger partial charge < -0.3 is 9.88 Å². The Morgan fingerprint density at radius 2 is 1.73 bits per heavy atom. The number of nitrogens with one attached hydrogen (secondary N) is 1. The third-order valence-corrected chi connectivity index (χ3v) is 7.56. The number of fused-ring (bicyclic) bond motifs is 1. The van der Waals surface area contributed by atoms with Gasteiger partial charge in [-0.05, 0) is 31.4 Å². The molecule has 3 aromatic rings. The van der Waals surface area contributed by atoms with Gasteiger partial charge in [-0.2, -0.15) is 0 Å². The van der Waals surface area contributed by atoms with E-state index in [0.717, 1.165) is 42.3 Å². The molecular weight excluding hydrogens is 396 g/mol. The predicted octanol–water partition coefficient (Wildman–Crippen LogP) is 4.37. The van der Waals surface area contributed by atoms with Gasteiger partial charge in [0.1, 0.15) is 6.54 Å². The summed E-state index contributed by atoms with van der Waals surface area (Å²) in [6.45, 7) is 2.10. The number of rotatable bonds is 6. The molecular formula is C24H28N2O3S. The van der Waals surface area contributed by atoms with Crippen molar-refractivity contribution in [1.82, 2.24) is 9.88 Å². The van der Waals surface area contributed by atoms with Crippen LogP contribution in [-0.4, -0.2) is 24.9 Å². The summed E-state index contributed by atoms with van der Waals surface area (Å²) in [5, 5.41) is 3.78. The monoisotopic (exact) mass is 424 g/mol. The first-order chi connectivity index (χ1) is 14.4. The average Bonchev–Trinajstić information content (AvgIpc) is 3.10. The summed E-state index contributed by atoms with van der Waals surface area (Å²) in [4.78, 5) is 12.9. The maximum Gasteiger partial charge on any atom is 0.240 e. The quantitative estimate of drug-likeness (QED) is 0.639. The molecule has 0 saturated heterocycles. The van der Waals surface area contributed by atoms with Crippen molar-refractivity contribution in [3.63, 3.8) is 0 Å². The molecule has 1 N–H and O–H groups in total. The highest BCUT2D eigenvalue weighted by Crippen LogP contribution is 2.28. The minimum absolute atomic E-state index is 0.0600. The second-order valence-electron chi connectivity index (χ2n) is 8.29. The molecule has 1 fully saturated rings. The van der Waals surface area contributed by atoms with Gasteiger partial charge in [-0.25, -0.2) is 8.42 Å². The fraction of sp³-hybridized carbons (Fsp3) is 0.375. The Labute approximate surface area is 178 Å². The number of para-hydroxylation sites is 1. The number of amides is 1. The molecule has 1 aliphatic carbocycles. The number of aromatic nitrogens is 1. The molecule has 0 atom stereocenters. The van der Waals surface area contributed by atoms with E-state index in [-0.39, 0.29) is 29.1 Å². The van der Waals surface area contributed by atoms with Crippen LogP contribution in [0, 0.1) is 6.92 Å². The lowest BCUT2D eigenvalue weighted by Gasteiger charge is -2.22. The zero-order chi connectivity index (χ0) is 21.1. The van der Waals surface area contributed by atoms with Crippen LogP contribution >= 0.6 is 0 Å². The average molecular weight is 425 g/mol. The fourth-order valence-electron chi connectivity index (χ4n) is 4.25. The maximum absolute atomic E-state index is 13.2. The SMILES string of the molecule is Cc1ccc(CS(=O)(=O)c2cn(CC(=O)NC3CCCCC3)c3ccccc23)cc1. The fourth-order valence-corrected chi connectivity index (χ4v) is 5.83. The molecule has 1 aromatic heterocycles. The van der Waals surface area contributed by atoms with E-state index in [9.17, 15) is 13.2 Å². The van der Waals surface area contributed by atoms with Crippen molar-refractivity contribution >= 4 is 26.6 Å². The second-order valence-corrected chi connectivity index (χ2v) is 10.2. The topological polar surface area (TPSA) is 68.2 Å². The molecule has 2 aromatic carbocycles. The molecule has 158 valence electrons. The third kappa shape index (κ3) is 4.59. The van der Waals surface area contributed by atoms with Gasteiger partial charge in [0.05, 0.1) is 10.6 Å². The summed E-state index contributed by atoms with van der Waals surface area (Å²) in [7, 11) is -3.55. The van der Waals surface area contributed by atoms with E-state index >= 15 is 0 Å². The van der Waals surface area contributed by atoms with Gasteiger partial charge >= 0.3 is 0 Å². The van der Waals surface area contributed by atoms with Crippen LogP contribution in [0.3, 0.4) is 0 Å². The molecule has 0 radical (unpaired) electrons. The van der Waals surface area contributed by atoms with Gasteiger partial charge in [0, 0.05) is 23.1 Å². The van der Waals surface area contributed by atoms with Crippen LogP contribution in [0.4, 0.5) is 0 Å². The molecule has 1 saturated carbocycles. The number of carbonyl (C=O) groups is 1. The molecule has 6 heteroatoms. The molecule has 0 unspecified atom stereocenters. The second kappa shape index (κ2) is 8.64. The van der Waals surface area contributed by atoms with Gasteiger partial charge in [0.25, 0.3) is 0 Å². The van der Waals surface area contributed by atoms with Crippen LogP contribution in [0.1, 0.15) is 43.2 Å². The maximum atomic E-state index is 13.2. The predicted molar refractivity (Wildman–Crippen MR) is 119 cm³/mol. The molecule has 0 bridgehead atoms. The van der Waals surface area contributed by atoms with Gasteiger partial charge in [-0.3, -0.25) is 4.79 Å². The van der Waals surface area contributed by atoms with Crippen LogP contribution in [-0.2, 0) is 26.9 Å². The van der Waals surface area contributed by atoms with Crippen LogP contribution in [0.2, 0.25) is 0 Å². The zero-order valence-corrected chi connectivity index (χ0v) is 18.1. The number of aryl methyl sites for hydroxylation is 1. The smallest absolute Gasteiger partial charge is 0.240 e. The van der Waals surface area contributed by atoms with E-state index in [1.54, 1.807) is 10.8 Å². The Kier molecular flexibility index (Phi) is 5.95. The summed E-state index contributed by atoms with van der Waals surface area (Å²) in [5.74, 6) is -0.125. The van der Waals surface area contributed by atoms with E-state index in [1.807, 2.05) is 55.5 Å². The number of sulfone groups is 1. The van der Waals surface area contributed by atoms with Crippen LogP contribution in [0.25, 0.3) is 10.9 Å². The van der Waals surface area contributed by atoms with E-state index in [4.69, 9.17) is 0 Å². The van der Waals surface area contributed by atoms with Crippen molar-refractivity contribution in [2.24, 2.45) is 0 Å². The van der Waals surface area contributed by atoms with Gasteiger partial charge in [-0.1, -0.05) is 67.3 Å². The molecule has 1 amide bonds. The molecule has 30 heavy (non-hydrogen) atoms. The highest BCUT2D eigenvalue weighted by molar-refractivity contribution is 7.90. The lowest BCUT2D eigenvalue weighted by atomic mass is 9.95.